The monoisotopic (exact) mass is 461 g/mol. The molecule has 4 N–H and O–H groups in total. The number of nitrogens with two attached hydrogens (primary N) is 1. The van der Waals surface area contributed by atoms with Crippen LogP contribution in [0.5, 0.6) is 0 Å². The van der Waals surface area contributed by atoms with Crippen molar-refractivity contribution in [2.45, 2.75) is 25.8 Å². The van der Waals surface area contributed by atoms with Crippen molar-refractivity contribution in [3.63, 3.8) is 0 Å². The van der Waals surface area contributed by atoms with E-state index in [-0.39, 0.29) is 5.02 Å². The van der Waals surface area contributed by atoms with Crippen molar-refractivity contribution < 1.29 is 4.79 Å². The maximum atomic E-state index is 12.7. The molecule has 1 saturated heterocycles. The van der Waals surface area contributed by atoms with E-state index in [1.165, 1.54) is 30.5 Å². The Kier molecular flexibility index (Phi) is 6.67. The summed E-state index contributed by atoms with van der Waals surface area (Å²) in [5.41, 5.74) is 7.72. The van der Waals surface area contributed by atoms with Crippen LogP contribution in [-0.2, 0) is 6.54 Å². The van der Waals surface area contributed by atoms with Gasteiger partial charge in [-0.05, 0) is 74.6 Å². The molecule has 0 spiro atoms. The van der Waals surface area contributed by atoms with Gasteiger partial charge in [0.25, 0.3) is 0 Å². The fourth-order valence-corrected chi connectivity index (χ4v) is 4.43. The number of anilines is 1. The normalized spacial score (nSPS) is 15.5. The third kappa shape index (κ3) is 4.96. The third-order valence-corrected chi connectivity index (χ3v) is 6.54. The second-order valence-electron chi connectivity index (χ2n) is 7.97. The zero-order valence-electron chi connectivity index (χ0n) is 17.0. The lowest BCUT2D eigenvalue weighted by atomic mass is 9.93. The Balaban J connectivity index is 1.41. The van der Waals surface area contributed by atoms with Crippen LogP contribution in [-0.4, -0.2) is 40.1 Å². The predicted molar refractivity (Wildman–Crippen MR) is 125 cm³/mol. The number of imidazole rings is 1. The third-order valence-electron chi connectivity index (χ3n) is 5.82. The Bertz CT molecular complexity index is 1130. The summed E-state index contributed by atoms with van der Waals surface area (Å²) in [6.45, 7) is 3.81. The topological polar surface area (TPSA) is 96.2 Å². The average molecular weight is 462 g/mol. The van der Waals surface area contributed by atoms with E-state index in [4.69, 9.17) is 28.9 Å². The van der Waals surface area contributed by atoms with E-state index < -0.39 is 11.7 Å². The van der Waals surface area contributed by atoms with Gasteiger partial charge in [0.05, 0.1) is 21.1 Å². The van der Waals surface area contributed by atoms with E-state index in [1.54, 1.807) is 0 Å². The molecule has 2 aromatic carbocycles. The number of amides is 1. The zero-order chi connectivity index (χ0) is 22.0. The standard InChI is InChI=1S/C22H25Cl2N5O2/c23-17-11-19-20(12-18(17)24)29(22(31)27-19)21(30)26-16-3-1-15(2-4-16)13-28-9-6-14(5-8-25)7-10-28/h1-4,11-12,14H,5-10,13,25H2,(H,26,30)(H,27,31). The molecule has 1 aliphatic rings. The van der Waals surface area contributed by atoms with Crippen LogP contribution in [0.2, 0.25) is 10.0 Å². The Morgan fingerprint density at radius 3 is 2.48 bits per heavy atom. The van der Waals surface area contributed by atoms with E-state index in [9.17, 15) is 9.59 Å². The smallest absolute Gasteiger partial charge is 0.330 e. The number of carbonyl (C=O) groups is 1. The number of benzene rings is 2. The van der Waals surface area contributed by atoms with Gasteiger partial charge in [-0.25, -0.2) is 14.2 Å². The lowest BCUT2D eigenvalue weighted by Gasteiger charge is -2.31. The Morgan fingerprint density at radius 2 is 1.81 bits per heavy atom. The number of carbonyl (C=O) groups excluding carboxylic acids is 1. The molecule has 0 aliphatic carbocycles. The fourth-order valence-electron chi connectivity index (χ4n) is 4.10. The van der Waals surface area contributed by atoms with Crippen LogP contribution >= 0.6 is 23.2 Å². The van der Waals surface area contributed by atoms with Crippen LogP contribution in [0.4, 0.5) is 10.5 Å². The summed E-state index contributed by atoms with van der Waals surface area (Å²) in [7, 11) is 0. The van der Waals surface area contributed by atoms with Crippen molar-refractivity contribution in [3.05, 3.63) is 62.5 Å². The molecule has 0 saturated carbocycles. The number of aromatic nitrogens is 2. The van der Waals surface area contributed by atoms with Gasteiger partial charge in [-0.3, -0.25) is 4.90 Å². The zero-order valence-corrected chi connectivity index (χ0v) is 18.5. The van der Waals surface area contributed by atoms with E-state index >= 15 is 0 Å². The summed E-state index contributed by atoms with van der Waals surface area (Å²) >= 11 is 12.0. The van der Waals surface area contributed by atoms with E-state index in [0.29, 0.717) is 21.7 Å². The number of halogens is 2. The van der Waals surface area contributed by atoms with Crippen LogP contribution in [0, 0.1) is 5.92 Å². The highest BCUT2D eigenvalue weighted by molar-refractivity contribution is 6.42. The molecule has 1 aromatic heterocycles. The molecule has 1 fully saturated rings. The molecular formula is C22H25Cl2N5O2. The number of H-pyrrole nitrogens is 1. The molecule has 0 bridgehead atoms. The first-order valence-electron chi connectivity index (χ1n) is 10.4. The van der Waals surface area contributed by atoms with Crippen molar-refractivity contribution >= 4 is 46.0 Å². The van der Waals surface area contributed by atoms with Crippen LogP contribution < -0.4 is 16.7 Å². The number of nitrogens with one attached hydrogen (secondary N) is 2. The highest BCUT2D eigenvalue weighted by atomic mass is 35.5. The highest BCUT2D eigenvalue weighted by Gasteiger charge is 2.19. The molecule has 1 amide bonds. The van der Waals surface area contributed by atoms with E-state index in [0.717, 1.165) is 43.1 Å². The Morgan fingerprint density at radius 1 is 1.13 bits per heavy atom. The van der Waals surface area contributed by atoms with Crippen molar-refractivity contribution in [1.82, 2.24) is 14.5 Å². The highest BCUT2D eigenvalue weighted by Crippen LogP contribution is 2.26. The Hall–Kier alpha value is -2.32. The summed E-state index contributed by atoms with van der Waals surface area (Å²) in [5.74, 6) is 0.748. The first-order valence-corrected chi connectivity index (χ1v) is 11.1. The molecular weight excluding hydrogens is 437 g/mol. The SMILES string of the molecule is NCCC1CCN(Cc2ccc(NC(=O)n3c(=O)[nH]c4cc(Cl)c(Cl)cc43)cc2)CC1. The molecule has 2 heterocycles. The van der Waals surface area contributed by atoms with Gasteiger partial charge in [0.2, 0.25) is 0 Å². The number of likely N-dealkylation sites (tertiary alicyclic amines) is 1. The maximum absolute atomic E-state index is 12.7. The molecule has 0 radical (unpaired) electrons. The molecule has 7 nitrogen and oxygen atoms in total. The number of nitrogens with zero attached hydrogens (tertiary/aromatic N) is 2. The molecule has 4 rings (SSSR count). The second-order valence-corrected chi connectivity index (χ2v) is 8.79. The summed E-state index contributed by atoms with van der Waals surface area (Å²) in [4.78, 5) is 30.1. The summed E-state index contributed by atoms with van der Waals surface area (Å²) < 4.78 is 1.01. The quantitative estimate of drug-likeness (QED) is 0.528. The minimum Gasteiger partial charge on any atom is -0.330 e. The second kappa shape index (κ2) is 9.44. The molecule has 31 heavy (non-hydrogen) atoms. The van der Waals surface area contributed by atoms with Crippen molar-refractivity contribution in [1.29, 1.82) is 0 Å². The molecule has 3 aromatic rings. The molecule has 1 aliphatic heterocycles. The Labute approximate surface area is 190 Å². The predicted octanol–water partition coefficient (Wildman–Crippen LogP) is 4.28. The molecule has 0 atom stereocenters. The van der Waals surface area contributed by atoms with Gasteiger partial charge in [0, 0.05) is 12.2 Å². The number of aromatic amines is 1. The van der Waals surface area contributed by atoms with Crippen molar-refractivity contribution in [2.24, 2.45) is 11.7 Å². The summed E-state index contributed by atoms with van der Waals surface area (Å²) in [5, 5.41) is 3.34. The first kappa shape index (κ1) is 21.9. The average Bonchev–Trinajstić information content (AvgIpc) is 3.06. The minimum absolute atomic E-state index is 0.270. The van der Waals surface area contributed by atoms with Gasteiger partial charge >= 0.3 is 11.7 Å². The molecule has 0 unspecified atom stereocenters. The molecule has 164 valence electrons. The lowest BCUT2D eigenvalue weighted by Crippen LogP contribution is -2.33. The number of hydrogen-bond donors (Lipinski definition) is 3. The minimum atomic E-state index is -0.565. The largest absolute Gasteiger partial charge is 0.334 e. The fraction of sp³-hybridized carbons (Fsp3) is 0.364. The summed E-state index contributed by atoms with van der Waals surface area (Å²) in [6.07, 6.45) is 3.50. The van der Waals surface area contributed by atoms with Gasteiger partial charge in [-0.1, -0.05) is 35.3 Å². The molecule has 9 heteroatoms. The number of rotatable bonds is 5. The lowest BCUT2D eigenvalue weighted by molar-refractivity contribution is 0.173. The first-order chi connectivity index (χ1) is 14.9. The maximum Gasteiger partial charge on any atom is 0.334 e. The van der Waals surface area contributed by atoms with E-state index in [2.05, 4.69) is 15.2 Å². The van der Waals surface area contributed by atoms with Crippen LogP contribution in [0.25, 0.3) is 11.0 Å². The number of piperidine rings is 1. The van der Waals surface area contributed by atoms with Crippen LogP contribution in [0.1, 0.15) is 24.8 Å². The summed E-state index contributed by atoms with van der Waals surface area (Å²) in [6, 6.07) is 10.1. The van der Waals surface area contributed by atoms with Gasteiger partial charge in [0.15, 0.2) is 0 Å². The number of fused-ring (bicyclic) bond motifs is 1. The van der Waals surface area contributed by atoms with Crippen molar-refractivity contribution in [3.8, 4) is 0 Å². The van der Waals surface area contributed by atoms with Gasteiger partial charge in [0.1, 0.15) is 0 Å². The van der Waals surface area contributed by atoms with Crippen LogP contribution in [0.15, 0.2) is 41.2 Å². The number of hydrogen-bond acceptors (Lipinski definition) is 4. The van der Waals surface area contributed by atoms with Gasteiger partial charge in [-0.2, -0.15) is 0 Å². The van der Waals surface area contributed by atoms with Gasteiger partial charge in [-0.15, -0.1) is 0 Å². The van der Waals surface area contributed by atoms with Gasteiger partial charge < -0.3 is 16.0 Å². The van der Waals surface area contributed by atoms with Crippen LogP contribution in [0.3, 0.4) is 0 Å². The van der Waals surface area contributed by atoms with E-state index in [1.807, 2.05) is 24.3 Å². The van der Waals surface area contributed by atoms with Crippen molar-refractivity contribution in [2.75, 3.05) is 25.0 Å².